The number of hydrogen-bond acceptors (Lipinski definition) is 4. The van der Waals surface area contributed by atoms with Crippen LogP contribution in [0.3, 0.4) is 0 Å². The molecule has 2 N–H and O–H groups in total. The Morgan fingerprint density at radius 3 is 2.35 bits per heavy atom. The summed E-state index contributed by atoms with van der Waals surface area (Å²) in [5, 5.41) is 12.7. The fourth-order valence-electron chi connectivity index (χ4n) is 4.57. The zero-order chi connectivity index (χ0) is 25.6. The second-order valence-corrected chi connectivity index (χ2v) is 10.3. The van der Waals surface area contributed by atoms with Crippen LogP contribution in [0.1, 0.15) is 33.6 Å². The van der Waals surface area contributed by atoms with Crippen LogP contribution in [-0.2, 0) is 0 Å². The van der Waals surface area contributed by atoms with Crippen LogP contribution < -0.4 is 10.2 Å². The van der Waals surface area contributed by atoms with Crippen molar-refractivity contribution in [1.82, 2.24) is 0 Å². The van der Waals surface area contributed by atoms with Crippen molar-refractivity contribution in [3.05, 3.63) is 114 Å². The molecule has 2 amide bonds. The van der Waals surface area contributed by atoms with Crippen LogP contribution in [0.2, 0.25) is 0 Å². The Labute approximate surface area is 221 Å². The van der Waals surface area contributed by atoms with Crippen molar-refractivity contribution in [3.63, 3.8) is 0 Å². The fraction of sp³-hybridized carbons (Fsp3) is 0.161. The molecule has 0 aliphatic carbocycles. The van der Waals surface area contributed by atoms with Gasteiger partial charge in [0.25, 0.3) is 11.8 Å². The number of carbonyl (C=O) groups is 2. The molecule has 4 aromatic rings. The van der Waals surface area contributed by atoms with Gasteiger partial charge in [0.2, 0.25) is 0 Å². The van der Waals surface area contributed by atoms with Gasteiger partial charge in [-0.05, 0) is 66.4 Å². The predicted molar refractivity (Wildman–Crippen MR) is 150 cm³/mol. The number of thioether (sulfide) groups is 1. The SMILES string of the molecule is O=C(Nc1ccc(C(=O)N2CCC(CCO)Sc3ccccc32)cc1)c1ccccc1-c1ccccc1. The molecule has 0 spiro atoms. The quantitative estimate of drug-likeness (QED) is 0.312. The van der Waals surface area contributed by atoms with E-state index in [1.54, 1.807) is 36.0 Å². The summed E-state index contributed by atoms with van der Waals surface area (Å²) in [5.41, 5.74) is 4.51. The number of rotatable bonds is 6. The number of aliphatic hydroxyl groups is 1. The molecular weight excluding hydrogens is 480 g/mol. The van der Waals surface area contributed by atoms with E-state index in [1.165, 1.54) is 0 Å². The van der Waals surface area contributed by atoms with Crippen molar-refractivity contribution < 1.29 is 14.7 Å². The second-order valence-electron chi connectivity index (χ2n) is 8.91. The van der Waals surface area contributed by atoms with E-state index in [2.05, 4.69) is 5.32 Å². The first kappa shape index (κ1) is 24.8. The summed E-state index contributed by atoms with van der Waals surface area (Å²) in [7, 11) is 0. The summed E-state index contributed by atoms with van der Waals surface area (Å²) in [5.74, 6) is -0.281. The number of anilines is 2. The number of hydrogen-bond donors (Lipinski definition) is 2. The van der Waals surface area contributed by atoms with Crippen LogP contribution in [-0.4, -0.2) is 35.3 Å². The molecule has 37 heavy (non-hydrogen) atoms. The molecule has 6 heteroatoms. The van der Waals surface area contributed by atoms with Crippen molar-refractivity contribution in [2.75, 3.05) is 23.4 Å². The molecule has 0 radical (unpaired) electrons. The summed E-state index contributed by atoms with van der Waals surface area (Å²) in [6, 6.07) is 32.3. The van der Waals surface area contributed by atoms with E-state index < -0.39 is 0 Å². The van der Waals surface area contributed by atoms with Gasteiger partial charge in [-0.1, -0.05) is 60.7 Å². The minimum absolute atomic E-state index is 0.0787. The van der Waals surface area contributed by atoms with Gasteiger partial charge in [-0.25, -0.2) is 0 Å². The highest BCUT2D eigenvalue weighted by Crippen LogP contribution is 2.39. The van der Waals surface area contributed by atoms with Crippen LogP contribution >= 0.6 is 11.8 Å². The molecule has 1 heterocycles. The summed E-state index contributed by atoms with van der Waals surface area (Å²) in [4.78, 5) is 29.5. The Balaban J connectivity index is 1.33. The van der Waals surface area contributed by atoms with Gasteiger partial charge in [0.15, 0.2) is 0 Å². The minimum Gasteiger partial charge on any atom is -0.396 e. The van der Waals surface area contributed by atoms with Crippen molar-refractivity contribution >= 4 is 35.0 Å². The number of para-hydroxylation sites is 1. The number of nitrogens with one attached hydrogen (secondary N) is 1. The lowest BCUT2D eigenvalue weighted by Gasteiger charge is -2.22. The van der Waals surface area contributed by atoms with Crippen LogP contribution in [0.5, 0.6) is 0 Å². The van der Waals surface area contributed by atoms with Gasteiger partial charge in [0.1, 0.15) is 0 Å². The number of aliphatic hydroxyl groups excluding tert-OH is 1. The normalized spacial score (nSPS) is 14.9. The van der Waals surface area contributed by atoms with Gasteiger partial charge in [-0.3, -0.25) is 9.59 Å². The van der Waals surface area contributed by atoms with Gasteiger partial charge >= 0.3 is 0 Å². The number of benzene rings is 4. The summed E-state index contributed by atoms with van der Waals surface area (Å²) in [6.45, 7) is 0.721. The zero-order valence-corrected chi connectivity index (χ0v) is 21.2. The maximum Gasteiger partial charge on any atom is 0.258 e. The number of fused-ring (bicyclic) bond motifs is 1. The number of amides is 2. The first-order valence-corrected chi connectivity index (χ1v) is 13.3. The Kier molecular flexibility index (Phi) is 7.68. The van der Waals surface area contributed by atoms with Crippen molar-refractivity contribution in [2.45, 2.75) is 23.0 Å². The first-order chi connectivity index (χ1) is 18.1. The van der Waals surface area contributed by atoms with Gasteiger partial charge in [-0.15, -0.1) is 11.8 Å². The molecule has 0 saturated carbocycles. The second kappa shape index (κ2) is 11.5. The van der Waals surface area contributed by atoms with Gasteiger partial charge in [-0.2, -0.15) is 0 Å². The van der Waals surface area contributed by atoms with Crippen molar-refractivity contribution in [3.8, 4) is 11.1 Å². The van der Waals surface area contributed by atoms with Gasteiger partial charge < -0.3 is 15.3 Å². The van der Waals surface area contributed by atoms with Crippen LogP contribution in [0.15, 0.2) is 108 Å². The Morgan fingerprint density at radius 2 is 1.57 bits per heavy atom. The average Bonchev–Trinajstić information content (AvgIpc) is 3.13. The van der Waals surface area contributed by atoms with Gasteiger partial charge in [0, 0.05) is 40.1 Å². The Bertz CT molecular complexity index is 1390. The third-order valence-corrected chi connectivity index (χ3v) is 7.87. The lowest BCUT2D eigenvalue weighted by Crippen LogP contribution is -2.32. The van der Waals surface area contributed by atoms with Crippen LogP contribution in [0.4, 0.5) is 11.4 Å². The zero-order valence-electron chi connectivity index (χ0n) is 20.3. The maximum absolute atomic E-state index is 13.5. The molecule has 0 saturated heterocycles. The number of carbonyl (C=O) groups excluding carboxylic acids is 2. The fourth-order valence-corrected chi connectivity index (χ4v) is 5.83. The molecule has 1 unspecified atom stereocenters. The standard InChI is InChI=1S/C31H28N2O3S/c34-21-19-25-18-20-33(28-12-6-7-13-29(28)37-25)31(36)23-14-16-24(17-15-23)32-30(35)27-11-5-4-10-26(27)22-8-2-1-3-9-22/h1-17,25,34H,18-21H2,(H,32,35). The molecule has 1 aliphatic rings. The maximum atomic E-state index is 13.5. The Hall–Kier alpha value is -3.87. The Morgan fingerprint density at radius 1 is 0.865 bits per heavy atom. The molecule has 5 nitrogen and oxygen atoms in total. The highest BCUT2D eigenvalue weighted by atomic mass is 32.2. The highest BCUT2D eigenvalue weighted by Gasteiger charge is 2.26. The van der Waals surface area contributed by atoms with E-state index >= 15 is 0 Å². The largest absolute Gasteiger partial charge is 0.396 e. The summed E-state index contributed by atoms with van der Waals surface area (Å²) in [6.07, 6.45) is 1.50. The highest BCUT2D eigenvalue weighted by molar-refractivity contribution is 8.00. The predicted octanol–water partition coefficient (Wildman–Crippen LogP) is 6.50. The minimum atomic E-state index is -0.202. The molecule has 1 aliphatic heterocycles. The summed E-state index contributed by atoms with van der Waals surface area (Å²) < 4.78 is 0. The van der Waals surface area contributed by atoms with E-state index in [1.807, 2.05) is 83.8 Å². The summed E-state index contributed by atoms with van der Waals surface area (Å²) >= 11 is 1.72. The molecule has 4 aromatic carbocycles. The molecular formula is C31H28N2O3S. The smallest absolute Gasteiger partial charge is 0.258 e. The van der Waals surface area contributed by atoms with Gasteiger partial charge in [0.05, 0.1) is 5.69 Å². The molecule has 1 atom stereocenters. The monoisotopic (exact) mass is 508 g/mol. The molecule has 0 aromatic heterocycles. The van der Waals surface area contributed by atoms with Crippen LogP contribution in [0.25, 0.3) is 11.1 Å². The van der Waals surface area contributed by atoms with Crippen molar-refractivity contribution in [1.29, 1.82) is 0 Å². The third kappa shape index (κ3) is 5.61. The van der Waals surface area contributed by atoms with E-state index in [-0.39, 0.29) is 23.7 Å². The topological polar surface area (TPSA) is 69.6 Å². The molecule has 5 rings (SSSR count). The molecule has 0 fully saturated rings. The lowest BCUT2D eigenvalue weighted by atomic mass is 9.99. The molecule has 0 bridgehead atoms. The molecule has 186 valence electrons. The van der Waals surface area contributed by atoms with Crippen LogP contribution in [0, 0.1) is 0 Å². The third-order valence-electron chi connectivity index (χ3n) is 6.47. The first-order valence-electron chi connectivity index (χ1n) is 12.4. The van der Waals surface area contributed by atoms with E-state index in [0.29, 0.717) is 29.8 Å². The number of nitrogens with zero attached hydrogens (tertiary/aromatic N) is 1. The lowest BCUT2D eigenvalue weighted by molar-refractivity contribution is 0.0985. The average molecular weight is 509 g/mol. The van der Waals surface area contributed by atoms with E-state index in [4.69, 9.17) is 0 Å². The van der Waals surface area contributed by atoms with E-state index in [9.17, 15) is 14.7 Å². The van der Waals surface area contributed by atoms with Crippen molar-refractivity contribution in [2.24, 2.45) is 0 Å². The van der Waals surface area contributed by atoms with E-state index in [0.717, 1.165) is 28.1 Å².